The van der Waals surface area contributed by atoms with Gasteiger partial charge in [0.1, 0.15) is 0 Å². The van der Waals surface area contributed by atoms with Crippen LogP contribution in [0.15, 0.2) is 0 Å². The minimum atomic E-state index is -0.448. The predicted octanol–water partition coefficient (Wildman–Crippen LogP) is 3.13. The normalized spacial score (nSPS) is 48.5. The Morgan fingerprint density at radius 3 is 2.65 bits per heavy atom. The van der Waals surface area contributed by atoms with Gasteiger partial charge in [0.15, 0.2) is 0 Å². The fraction of sp³-hybridized carbons (Fsp3) is 1.00. The van der Waals surface area contributed by atoms with E-state index < -0.39 is 5.60 Å². The second-order valence-corrected chi connectivity index (χ2v) is 7.40. The van der Waals surface area contributed by atoms with E-state index in [4.69, 9.17) is 4.74 Å². The minimum absolute atomic E-state index is 0.134. The third-order valence-electron chi connectivity index (χ3n) is 5.34. The zero-order valence-corrected chi connectivity index (χ0v) is 11.2. The SMILES string of the molecule is CC1(C)CC(O)(CC2CC3CCC2C3)CCO1. The van der Waals surface area contributed by atoms with Crippen LogP contribution in [0.2, 0.25) is 0 Å². The van der Waals surface area contributed by atoms with Crippen molar-refractivity contribution in [1.82, 2.24) is 0 Å². The zero-order chi connectivity index (χ0) is 12.1. The van der Waals surface area contributed by atoms with E-state index in [0.29, 0.717) is 0 Å². The van der Waals surface area contributed by atoms with Gasteiger partial charge in [0.25, 0.3) is 0 Å². The van der Waals surface area contributed by atoms with Crippen LogP contribution < -0.4 is 0 Å². The van der Waals surface area contributed by atoms with Crippen LogP contribution in [0.4, 0.5) is 0 Å². The van der Waals surface area contributed by atoms with Gasteiger partial charge in [0.05, 0.1) is 17.8 Å². The van der Waals surface area contributed by atoms with Gasteiger partial charge in [-0.05, 0) is 63.7 Å². The van der Waals surface area contributed by atoms with Crippen LogP contribution in [-0.4, -0.2) is 22.9 Å². The van der Waals surface area contributed by atoms with E-state index in [-0.39, 0.29) is 5.60 Å². The zero-order valence-electron chi connectivity index (χ0n) is 11.2. The molecule has 1 saturated heterocycles. The molecule has 2 nitrogen and oxygen atoms in total. The molecule has 0 spiro atoms. The molecular weight excluding hydrogens is 212 g/mol. The molecule has 1 heterocycles. The van der Waals surface area contributed by atoms with Crippen molar-refractivity contribution in [2.75, 3.05) is 6.61 Å². The minimum Gasteiger partial charge on any atom is -0.390 e. The van der Waals surface area contributed by atoms with Crippen LogP contribution in [-0.2, 0) is 4.74 Å². The fourth-order valence-corrected chi connectivity index (χ4v) is 4.74. The number of rotatable bonds is 2. The Balaban J connectivity index is 1.64. The third-order valence-corrected chi connectivity index (χ3v) is 5.34. The number of hydrogen-bond acceptors (Lipinski definition) is 2. The molecule has 1 N–H and O–H groups in total. The summed E-state index contributed by atoms with van der Waals surface area (Å²) >= 11 is 0. The van der Waals surface area contributed by atoms with Crippen LogP contribution in [0.5, 0.6) is 0 Å². The van der Waals surface area contributed by atoms with Crippen molar-refractivity contribution in [2.45, 2.75) is 70.0 Å². The first-order valence-electron chi connectivity index (χ1n) is 7.32. The van der Waals surface area contributed by atoms with Gasteiger partial charge in [-0.25, -0.2) is 0 Å². The molecule has 3 aliphatic rings. The molecule has 2 saturated carbocycles. The van der Waals surface area contributed by atoms with Gasteiger partial charge in [-0.1, -0.05) is 6.42 Å². The van der Waals surface area contributed by atoms with Crippen molar-refractivity contribution in [3.63, 3.8) is 0 Å². The Morgan fingerprint density at radius 1 is 1.24 bits per heavy atom. The molecule has 0 aromatic rings. The van der Waals surface area contributed by atoms with Crippen LogP contribution in [0.1, 0.15) is 58.8 Å². The molecule has 4 unspecified atom stereocenters. The highest BCUT2D eigenvalue weighted by Gasteiger charge is 2.46. The number of aliphatic hydroxyl groups is 1. The topological polar surface area (TPSA) is 29.5 Å². The standard InChI is InChI=1S/C15H26O2/c1-14(2)10-15(16,5-6-17-14)9-13-8-11-3-4-12(13)7-11/h11-13,16H,3-10H2,1-2H3. The second-order valence-electron chi connectivity index (χ2n) is 7.40. The maximum Gasteiger partial charge on any atom is 0.0699 e. The summed E-state index contributed by atoms with van der Waals surface area (Å²) in [7, 11) is 0. The van der Waals surface area contributed by atoms with E-state index in [1.165, 1.54) is 25.7 Å². The fourth-order valence-electron chi connectivity index (χ4n) is 4.74. The highest BCUT2D eigenvalue weighted by molar-refractivity contribution is 4.97. The summed E-state index contributed by atoms with van der Waals surface area (Å²) in [5, 5.41) is 10.8. The summed E-state index contributed by atoms with van der Waals surface area (Å²) < 4.78 is 5.73. The van der Waals surface area contributed by atoms with Crippen LogP contribution in [0.25, 0.3) is 0 Å². The lowest BCUT2D eigenvalue weighted by molar-refractivity contribution is -0.152. The molecular formula is C15H26O2. The van der Waals surface area contributed by atoms with E-state index in [2.05, 4.69) is 13.8 Å². The van der Waals surface area contributed by atoms with Gasteiger partial charge in [0.2, 0.25) is 0 Å². The van der Waals surface area contributed by atoms with Gasteiger partial charge < -0.3 is 9.84 Å². The Kier molecular flexibility index (Phi) is 2.79. The highest BCUT2D eigenvalue weighted by atomic mass is 16.5. The maximum absolute atomic E-state index is 10.8. The molecule has 1 aliphatic heterocycles. The van der Waals surface area contributed by atoms with Crippen LogP contribution in [0.3, 0.4) is 0 Å². The van der Waals surface area contributed by atoms with Gasteiger partial charge in [-0.15, -0.1) is 0 Å². The Morgan fingerprint density at radius 2 is 2.06 bits per heavy atom. The Labute approximate surface area is 105 Å². The van der Waals surface area contributed by atoms with Crippen molar-refractivity contribution < 1.29 is 9.84 Å². The van der Waals surface area contributed by atoms with E-state index in [9.17, 15) is 5.11 Å². The van der Waals surface area contributed by atoms with E-state index >= 15 is 0 Å². The first kappa shape index (κ1) is 12.0. The summed E-state index contributed by atoms with van der Waals surface area (Å²) in [4.78, 5) is 0. The van der Waals surface area contributed by atoms with Gasteiger partial charge in [0, 0.05) is 6.42 Å². The van der Waals surface area contributed by atoms with Crippen molar-refractivity contribution in [3.05, 3.63) is 0 Å². The number of hydrogen-bond donors (Lipinski definition) is 1. The van der Waals surface area contributed by atoms with E-state index in [1.807, 2.05) is 0 Å². The monoisotopic (exact) mass is 238 g/mol. The van der Waals surface area contributed by atoms with E-state index in [1.54, 1.807) is 0 Å². The maximum atomic E-state index is 10.8. The molecule has 3 rings (SSSR count). The van der Waals surface area contributed by atoms with Gasteiger partial charge in [-0.3, -0.25) is 0 Å². The first-order valence-corrected chi connectivity index (χ1v) is 7.32. The molecule has 0 amide bonds. The third kappa shape index (κ3) is 2.39. The molecule has 2 bridgehead atoms. The van der Waals surface area contributed by atoms with E-state index in [0.717, 1.165) is 43.6 Å². The van der Waals surface area contributed by atoms with Crippen molar-refractivity contribution >= 4 is 0 Å². The van der Waals surface area contributed by atoms with Gasteiger partial charge >= 0.3 is 0 Å². The molecule has 4 atom stereocenters. The average molecular weight is 238 g/mol. The van der Waals surface area contributed by atoms with Crippen molar-refractivity contribution in [3.8, 4) is 0 Å². The van der Waals surface area contributed by atoms with Crippen molar-refractivity contribution in [1.29, 1.82) is 0 Å². The molecule has 0 radical (unpaired) electrons. The largest absolute Gasteiger partial charge is 0.390 e. The summed E-state index contributed by atoms with van der Waals surface area (Å²) in [6.45, 7) is 4.94. The molecule has 98 valence electrons. The second kappa shape index (κ2) is 3.96. The first-order chi connectivity index (χ1) is 7.96. The summed E-state index contributed by atoms with van der Waals surface area (Å²) in [5.74, 6) is 2.71. The molecule has 2 heteroatoms. The lowest BCUT2D eigenvalue weighted by Crippen LogP contribution is -2.47. The highest BCUT2D eigenvalue weighted by Crippen LogP contribution is 2.52. The number of ether oxygens (including phenoxy) is 1. The Hall–Kier alpha value is -0.0800. The average Bonchev–Trinajstić information content (AvgIpc) is 2.75. The Bertz CT molecular complexity index is 299. The van der Waals surface area contributed by atoms with Crippen LogP contribution in [0, 0.1) is 17.8 Å². The molecule has 3 fully saturated rings. The quantitative estimate of drug-likeness (QED) is 0.801. The molecule has 0 aromatic heterocycles. The molecule has 17 heavy (non-hydrogen) atoms. The molecule has 0 aromatic carbocycles. The summed E-state index contributed by atoms with van der Waals surface area (Å²) in [5.41, 5.74) is -0.582. The lowest BCUT2D eigenvalue weighted by atomic mass is 9.74. The van der Waals surface area contributed by atoms with Crippen LogP contribution >= 0.6 is 0 Å². The molecule has 2 aliphatic carbocycles. The number of fused-ring (bicyclic) bond motifs is 2. The van der Waals surface area contributed by atoms with Gasteiger partial charge in [-0.2, -0.15) is 0 Å². The van der Waals surface area contributed by atoms with Crippen molar-refractivity contribution in [2.24, 2.45) is 17.8 Å². The lowest BCUT2D eigenvalue weighted by Gasteiger charge is -2.43. The summed E-state index contributed by atoms with van der Waals surface area (Å²) in [6, 6.07) is 0. The predicted molar refractivity (Wildman–Crippen MR) is 67.8 cm³/mol. The smallest absolute Gasteiger partial charge is 0.0699 e. The summed E-state index contributed by atoms with van der Waals surface area (Å²) in [6.07, 6.45) is 8.38.